The van der Waals surface area contributed by atoms with Gasteiger partial charge in [0.25, 0.3) is 0 Å². The first-order chi connectivity index (χ1) is 7.19. The maximum atomic E-state index is 11.1. The molecule has 0 bridgehead atoms. The molecule has 4 nitrogen and oxygen atoms in total. The van der Waals surface area contributed by atoms with Gasteiger partial charge in [0.2, 0.25) is 0 Å². The summed E-state index contributed by atoms with van der Waals surface area (Å²) in [4.78, 5) is 11.1. The summed E-state index contributed by atoms with van der Waals surface area (Å²) in [5.74, 6) is -0.206. The second kappa shape index (κ2) is 6.70. The van der Waals surface area contributed by atoms with Crippen LogP contribution in [0, 0.1) is 0 Å². The van der Waals surface area contributed by atoms with Crippen molar-refractivity contribution in [1.29, 1.82) is 0 Å². The predicted molar refractivity (Wildman–Crippen MR) is 57.3 cm³/mol. The molecule has 0 atom stereocenters. The second-order valence-corrected chi connectivity index (χ2v) is 2.37. The number of hydrogen-bond acceptors (Lipinski definition) is 4. The van der Waals surface area contributed by atoms with Crippen molar-refractivity contribution in [3.8, 4) is 11.5 Å². The first kappa shape index (κ1) is 13.3. The number of phenolic OH excluding ortho intramolecular Hbond substituents is 1. The summed E-state index contributed by atoms with van der Waals surface area (Å²) in [6.07, 6.45) is 0. The molecule has 1 aromatic rings. The van der Waals surface area contributed by atoms with Gasteiger partial charge in [0.15, 0.2) is 0 Å². The van der Waals surface area contributed by atoms with E-state index in [1.807, 2.05) is 13.8 Å². The van der Waals surface area contributed by atoms with Crippen LogP contribution in [0.5, 0.6) is 11.5 Å². The third kappa shape index (κ3) is 3.50. The molecule has 0 fully saturated rings. The Kier molecular flexibility index (Phi) is 5.94. The summed E-state index contributed by atoms with van der Waals surface area (Å²) < 4.78 is 9.35. The van der Waals surface area contributed by atoms with Gasteiger partial charge in [-0.3, -0.25) is 0 Å². The minimum Gasteiger partial charge on any atom is -0.507 e. The summed E-state index contributed by atoms with van der Waals surface area (Å²) >= 11 is 0. The van der Waals surface area contributed by atoms with E-state index in [2.05, 4.69) is 4.74 Å². The van der Waals surface area contributed by atoms with Crippen LogP contribution in [0.2, 0.25) is 0 Å². The fourth-order valence-corrected chi connectivity index (χ4v) is 0.916. The number of carbonyl (C=O) groups excluding carboxylic acids is 1. The Morgan fingerprint density at radius 1 is 1.27 bits per heavy atom. The van der Waals surface area contributed by atoms with Crippen molar-refractivity contribution in [2.24, 2.45) is 0 Å². The van der Waals surface area contributed by atoms with Crippen LogP contribution in [0.1, 0.15) is 24.2 Å². The summed E-state index contributed by atoms with van der Waals surface area (Å²) in [5, 5.41) is 9.28. The monoisotopic (exact) mass is 212 g/mol. The molecule has 0 spiro atoms. The van der Waals surface area contributed by atoms with Gasteiger partial charge in [-0.2, -0.15) is 0 Å². The number of methoxy groups -OCH3 is 2. The smallest absolute Gasteiger partial charge is 0.341 e. The normalized spacial score (nSPS) is 8.53. The van der Waals surface area contributed by atoms with Gasteiger partial charge in [0.05, 0.1) is 14.2 Å². The van der Waals surface area contributed by atoms with Crippen LogP contribution >= 0.6 is 0 Å². The molecular weight excluding hydrogens is 196 g/mol. The second-order valence-electron chi connectivity index (χ2n) is 2.37. The van der Waals surface area contributed by atoms with Crippen molar-refractivity contribution in [3.05, 3.63) is 23.8 Å². The summed E-state index contributed by atoms with van der Waals surface area (Å²) in [6, 6.07) is 4.36. The first-order valence-corrected chi connectivity index (χ1v) is 4.64. The van der Waals surface area contributed by atoms with Crippen molar-refractivity contribution in [2.75, 3.05) is 14.2 Å². The minimum atomic E-state index is -0.587. The highest BCUT2D eigenvalue weighted by Crippen LogP contribution is 2.23. The molecule has 0 aromatic heterocycles. The Hall–Kier alpha value is -1.71. The number of aromatic hydroxyl groups is 1. The lowest BCUT2D eigenvalue weighted by Gasteiger charge is -2.04. The van der Waals surface area contributed by atoms with Crippen molar-refractivity contribution >= 4 is 5.97 Å². The topological polar surface area (TPSA) is 55.8 Å². The zero-order valence-corrected chi connectivity index (χ0v) is 9.40. The van der Waals surface area contributed by atoms with Gasteiger partial charge < -0.3 is 14.6 Å². The van der Waals surface area contributed by atoms with E-state index >= 15 is 0 Å². The fourth-order valence-electron chi connectivity index (χ4n) is 0.916. The van der Waals surface area contributed by atoms with E-state index in [0.717, 1.165) is 0 Å². The van der Waals surface area contributed by atoms with E-state index in [4.69, 9.17) is 4.74 Å². The SMILES string of the molecule is CC.COC(=O)c1cc(OC)ccc1O. The zero-order chi connectivity index (χ0) is 11.8. The highest BCUT2D eigenvalue weighted by Gasteiger charge is 2.11. The van der Waals surface area contributed by atoms with Gasteiger partial charge >= 0.3 is 5.97 Å². The number of carbonyl (C=O) groups is 1. The van der Waals surface area contributed by atoms with Crippen molar-refractivity contribution in [1.82, 2.24) is 0 Å². The molecule has 4 heteroatoms. The molecule has 0 amide bonds. The van der Waals surface area contributed by atoms with Gasteiger partial charge in [-0.25, -0.2) is 4.79 Å². The summed E-state index contributed by atoms with van der Waals surface area (Å²) in [7, 11) is 2.73. The Morgan fingerprint density at radius 3 is 2.33 bits per heavy atom. The van der Waals surface area contributed by atoms with E-state index in [1.54, 1.807) is 6.07 Å². The molecule has 1 rings (SSSR count). The molecular formula is C11H16O4. The molecule has 0 saturated carbocycles. The van der Waals surface area contributed by atoms with Gasteiger partial charge in [-0.05, 0) is 18.2 Å². The lowest BCUT2D eigenvalue weighted by molar-refractivity contribution is 0.0597. The molecule has 0 aliphatic heterocycles. The molecule has 0 unspecified atom stereocenters. The third-order valence-electron chi connectivity index (χ3n) is 1.61. The predicted octanol–water partition coefficient (Wildman–Crippen LogP) is 2.21. The average molecular weight is 212 g/mol. The maximum absolute atomic E-state index is 11.1. The number of phenols is 1. The Morgan fingerprint density at radius 2 is 1.87 bits per heavy atom. The van der Waals surface area contributed by atoms with Crippen molar-refractivity contribution < 1.29 is 19.4 Å². The molecule has 1 aromatic carbocycles. The van der Waals surface area contributed by atoms with Crippen LogP contribution in [0.15, 0.2) is 18.2 Å². The van der Waals surface area contributed by atoms with Crippen molar-refractivity contribution in [3.63, 3.8) is 0 Å². The Balaban J connectivity index is 0.000000921. The van der Waals surface area contributed by atoms with Crippen LogP contribution < -0.4 is 4.74 Å². The molecule has 15 heavy (non-hydrogen) atoms. The minimum absolute atomic E-state index is 0.0989. The highest BCUT2D eigenvalue weighted by atomic mass is 16.5. The maximum Gasteiger partial charge on any atom is 0.341 e. The van der Waals surface area contributed by atoms with E-state index in [1.165, 1.54) is 26.4 Å². The van der Waals surface area contributed by atoms with Gasteiger partial charge in [-0.1, -0.05) is 13.8 Å². The van der Waals surface area contributed by atoms with Crippen LogP contribution in [-0.4, -0.2) is 25.3 Å². The van der Waals surface area contributed by atoms with E-state index in [0.29, 0.717) is 5.75 Å². The first-order valence-electron chi connectivity index (χ1n) is 4.64. The lowest BCUT2D eigenvalue weighted by atomic mass is 10.2. The lowest BCUT2D eigenvalue weighted by Crippen LogP contribution is -2.01. The quantitative estimate of drug-likeness (QED) is 0.763. The number of ether oxygens (including phenoxy) is 2. The number of hydrogen-bond donors (Lipinski definition) is 1. The van der Waals surface area contributed by atoms with Crippen molar-refractivity contribution in [2.45, 2.75) is 13.8 Å². The zero-order valence-electron chi connectivity index (χ0n) is 9.40. The Bertz CT molecular complexity index is 320. The highest BCUT2D eigenvalue weighted by molar-refractivity contribution is 5.92. The molecule has 0 heterocycles. The number of benzene rings is 1. The Labute approximate surface area is 89.4 Å². The molecule has 0 radical (unpaired) electrons. The molecule has 0 saturated heterocycles. The summed E-state index contributed by atoms with van der Waals surface area (Å²) in [5.41, 5.74) is 0.0989. The van der Waals surface area contributed by atoms with E-state index < -0.39 is 5.97 Å². The van der Waals surface area contributed by atoms with Gasteiger partial charge in [0, 0.05) is 0 Å². The van der Waals surface area contributed by atoms with E-state index in [9.17, 15) is 9.90 Å². The van der Waals surface area contributed by atoms with Crippen LogP contribution in [0.4, 0.5) is 0 Å². The molecule has 0 aliphatic rings. The largest absolute Gasteiger partial charge is 0.507 e. The van der Waals surface area contributed by atoms with E-state index in [-0.39, 0.29) is 11.3 Å². The molecule has 1 N–H and O–H groups in total. The van der Waals surface area contributed by atoms with Gasteiger partial charge in [0.1, 0.15) is 17.1 Å². The average Bonchev–Trinajstić information content (AvgIpc) is 2.31. The van der Waals surface area contributed by atoms with Gasteiger partial charge in [-0.15, -0.1) is 0 Å². The molecule has 84 valence electrons. The fraction of sp³-hybridized carbons (Fsp3) is 0.364. The molecule has 0 aliphatic carbocycles. The third-order valence-corrected chi connectivity index (χ3v) is 1.61. The van der Waals surface area contributed by atoms with Crippen LogP contribution in [-0.2, 0) is 4.74 Å². The van der Waals surface area contributed by atoms with Crippen LogP contribution in [0.3, 0.4) is 0 Å². The standard InChI is InChI=1S/C9H10O4.C2H6/c1-12-6-3-4-8(10)7(5-6)9(11)13-2;1-2/h3-5,10H,1-2H3;1-2H3. The summed E-state index contributed by atoms with van der Waals surface area (Å²) in [6.45, 7) is 4.00. The number of rotatable bonds is 2. The van der Waals surface area contributed by atoms with Crippen LogP contribution in [0.25, 0.3) is 0 Å². The number of esters is 1.